The number of nitrogens with zero attached hydrogens (tertiary/aromatic N) is 1. The molecule has 1 atom stereocenters. The van der Waals surface area contributed by atoms with E-state index in [-0.39, 0.29) is 33.8 Å². The predicted molar refractivity (Wildman–Crippen MR) is 100 cm³/mol. The van der Waals surface area contributed by atoms with Crippen LogP contribution in [-0.2, 0) is 26.9 Å². The van der Waals surface area contributed by atoms with Gasteiger partial charge in [0.15, 0.2) is 11.8 Å². The molecule has 5 nitrogen and oxygen atoms in total. The number of benzene rings is 2. The number of rotatable bonds is 6. The summed E-state index contributed by atoms with van der Waals surface area (Å²) in [5, 5.41) is 9.55. The van der Waals surface area contributed by atoms with Crippen molar-refractivity contribution in [2.24, 2.45) is 0 Å². The summed E-state index contributed by atoms with van der Waals surface area (Å²) in [4.78, 5) is 17.9. The molecule has 0 aliphatic rings. The minimum atomic E-state index is -1.31. The van der Waals surface area contributed by atoms with Crippen molar-refractivity contribution in [2.45, 2.75) is 6.42 Å². The van der Waals surface area contributed by atoms with Gasteiger partial charge in [0.1, 0.15) is 0 Å². The predicted octanol–water partition coefficient (Wildman–Crippen LogP) is 3.66. The Bertz CT molecular complexity index is 779. The molecule has 0 radical (unpaired) electrons. The molecule has 2 aromatic carbocycles. The lowest BCUT2D eigenvalue weighted by molar-refractivity contribution is -0.157. The van der Waals surface area contributed by atoms with E-state index in [1.165, 1.54) is 6.26 Å². The Morgan fingerprint density at radius 2 is 1.72 bits per heavy atom. The summed E-state index contributed by atoms with van der Waals surface area (Å²) in [6.45, 7) is 0. The largest absolute Gasteiger partial charge is 0.282 e. The van der Waals surface area contributed by atoms with Gasteiger partial charge >= 0.3 is 0 Å². The van der Waals surface area contributed by atoms with Crippen molar-refractivity contribution in [1.29, 1.82) is 5.41 Å². The van der Waals surface area contributed by atoms with Crippen LogP contribution >= 0.6 is 23.2 Å². The molecule has 0 saturated heterocycles. The van der Waals surface area contributed by atoms with E-state index in [0.29, 0.717) is 0 Å². The summed E-state index contributed by atoms with van der Waals surface area (Å²) < 4.78 is 11.3. The molecular weight excluding hydrogens is 383 g/mol. The normalized spacial score (nSPS) is 11.8. The summed E-state index contributed by atoms with van der Waals surface area (Å²) in [7, 11) is -1.31. The van der Waals surface area contributed by atoms with Gasteiger partial charge in [-0.25, -0.2) is 0 Å². The fraction of sp³-hybridized carbons (Fsp3) is 0.176. The van der Waals surface area contributed by atoms with Crippen LogP contribution in [0, 0.1) is 5.41 Å². The third-order valence-corrected chi connectivity index (χ3v) is 4.24. The van der Waals surface area contributed by atoms with E-state index in [1.54, 1.807) is 30.3 Å². The molecule has 0 aliphatic carbocycles. The van der Waals surface area contributed by atoms with E-state index in [1.807, 2.05) is 18.2 Å². The fourth-order valence-corrected chi connectivity index (χ4v) is 2.89. The Balaban J connectivity index is 2.30. The topological polar surface area (TPSA) is 70.5 Å². The molecule has 1 unspecified atom stereocenters. The molecule has 2 rings (SSSR count). The Morgan fingerprint density at radius 3 is 2.28 bits per heavy atom. The number of hydroxylamine groups is 2. The van der Waals surface area contributed by atoms with E-state index < -0.39 is 16.7 Å². The number of halogens is 2. The van der Waals surface area contributed by atoms with Crippen molar-refractivity contribution in [3.05, 3.63) is 69.7 Å². The second-order valence-corrected chi connectivity index (χ2v) is 7.31. The molecule has 0 bridgehead atoms. The number of hydrogen-bond acceptors (Lipinski definition) is 4. The minimum absolute atomic E-state index is 0.0155. The zero-order chi connectivity index (χ0) is 18.4. The number of amides is 1. The summed E-state index contributed by atoms with van der Waals surface area (Å²) in [6.07, 6.45) is 1.45. The standard InChI is InChI=1S/C17H16Cl2N2O3S/c1-25(23)11-24-21(15(22)10-12-6-3-2-4-7-12)17(20)16-13(18)8-5-9-14(16)19/h2-9,20H,10-11H2,1H3. The molecule has 0 aliphatic heterocycles. The van der Waals surface area contributed by atoms with E-state index in [9.17, 15) is 9.00 Å². The molecule has 0 spiro atoms. The molecule has 1 N–H and O–H groups in total. The average Bonchev–Trinajstić information content (AvgIpc) is 2.55. The van der Waals surface area contributed by atoms with Gasteiger partial charge in [0.2, 0.25) is 0 Å². The van der Waals surface area contributed by atoms with Gasteiger partial charge in [0.05, 0.1) is 22.0 Å². The first-order valence-corrected chi connectivity index (χ1v) is 9.71. The first-order valence-electron chi connectivity index (χ1n) is 7.23. The van der Waals surface area contributed by atoms with Crippen molar-refractivity contribution >= 4 is 45.7 Å². The van der Waals surface area contributed by atoms with Crippen molar-refractivity contribution < 1.29 is 13.8 Å². The Hall–Kier alpha value is -1.73. The molecule has 132 valence electrons. The van der Waals surface area contributed by atoms with Gasteiger partial charge in [-0.3, -0.25) is 19.3 Å². The second kappa shape index (κ2) is 9.10. The van der Waals surface area contributed by atoms with Crippen LogP contribution in [0.5, 0.6) is 0 Å². The third-order valence-electron chi connectivity index (χ3n) is 3.18. The first-order chi connectivity index (χ1) is 11.9. The molecule has 8 heteroatoms. The molecule has 25 heavy (non-hydrogen) atoms. The van der Waals surface area contributed by atoms with Crippen LogP contribution in [0.3, 0.4) is 0 Å². The van der Waals surface area contributed by atoms with Gasteiger partial charge in [0.25, 0.3) is 5.91 Å². The van der Waals surface area contributed by atoms with E-state index >= 15 is 0 Å². The van der Waals surface area contributed by atoms with Crippen LogP contribution in [-0.4, -0.2) is 33.2 Å². The van der Waals surface area contributed by atoms with Gasteiger partial charge in [-0.2, -0.15) is 5.06 Å². The van der Waals surface area contributed by atoms with Crippen LogP contribution in [0.2, 0.25) is 10.0 Å². The lowest BCUT2D eigenvalue weighted by Crippen LogP contribution is -2.39. The van der Waals surface area contributed by atoms with E-state index in [4.69, 9.17) is 33.4 Å². The zero-order valence-corrected chi connectivity index (χ0v) is 15.7. The van der Waals surface area contributed by atoms with Crippen LogP contribution in [0.1, 0.15) is 11.1 Å². The quantitative estimate of drug-likeness (QED) is 0.458. The molecule has 1 amide bonds. The maximum absolute atomic E-state index is 12.6. The van der Waals surface area contributed by atoms with Gasteiger partial charge in [-0.15, -0.1) is 0 Å². The van der Waals surface area contributed by atoms with Crippen LogP contribution in [0.15, 0.2) is 48.5 Å². The van der Waals surface area contributed by atoms with Gasteiger partial charge < -0.3 is 0 Å². The molecule has 0 fully saturated rings. The summed E-state index contributed by atoms with van der Waals surface area (Å²) in [5.41, 5.74) is 0.936. The molecule has 0 aromatic heterocycles. The van der Waals surface area contributed by atoms with Gasteiger partial charge in [0, 0.05) is 17.1 Å². The minimum Gasteiger partial charge on any atom is -0.282 e. The van der Waals surface area contributed by atoms with E-state index in [2.05, 4.69) is 0 Å². The van der Waals surface area contributed by atoms with Crippen molar-refractivity contribution in [1.82, 2.24) is 5.06 Å². The molecule has 0 saturated carbocycles. The smallest absolute Gasteiger partial charge is 0.256 e. The number of nitrogens with one attached hydrogen (secondary N) is 1. The zero-order valence-electron chi connectivity index (χ0n) is 13.4. The average molecular weight is 399 g/mol. The highest BCUT2D eigenvalue weighted by atomic mass is 35.5. The number of hydrogen-bond donors (Lipinski definition) is 1. The second-order valence-electron chi connectivity index (χ2n) is 5.12. The maximum atomic E-state index is 12.6. The monoisotopic (exact) mass is 398 g/mol. The Labute approximate surface area is 158 Å². The van der Waals surface area contributed by atoms with Crippen molar-refractivity contribution in [3.8, 4) is 0 Å². The summed E-state index contributed by atoms with van der Waals surface area (Å²) in [6, 6.07) is 13.8. The van der Waals surface area contributed by atoms with Crippen molar-refractivity contribution in [2.75, 3.05) is 12.2 Å². The first kappa shape index (κ1) is 19.6. The SMILES string of the molecule is CS(=O)CON(C(=N)c1c(Cl)cccc1Cl)C(=O)Cc1ccccc1. The van der Waals surface area contributed by atoms with Crippen LogP contribution < -0.4 is 0 Å². The molecule has 0 heterocycles. The van der Waals surface area contributed by atoms with Crippen molar-refractivity contribution in [3.63, 3.8) is 0 Å². The number of carbonyl (C=O) groups excluding carboxylic acids is 1. The molecule has 2 aromatic rings. The van der Waals surface area contributed by atoms with Crippen LogP contribution in [0.25, 0.3) is 0 Å². The highest BCUT2D eigenvalue weighted by Crippen LogP contribution is 2.26. The van der Waals surface area contributed by atoms with Crippen LogP contribution in [0.4, 0.5) is 0 Å². The summed E-state index contributed by atoms with van der Waals surface area (Å²) in [5.74, 6) is -1.02. The lowest BCUT2D eigenvalue weighted by Gasteiger charge is -2.23. The fourth-order valence-electron chi connectivity index (χ4n) is 2.06. The molecular formula is C17H16Cl2N2O3S. The number of amidine groups is 1. The maximum Gasteiger partial charge on any atom is 0.256 e. The highest BCUT2D eigenvalue weighted by Gasteiger charge is 2.25. The number of carbonyl (C=O) groups is 1. The van der Waals surface area contributed by atoms with E-state index in [0.717, 1.165) is 10.6 Å². The Morgan fingerprint density at radius 1 is 1.12 bits per heavy atom. The summed E-state index contributed by atoms with van der Waals surface area (Å²) >= 11 is 12.2. The Kier molecular flexibility index (Phi) is 7.13. The van der Waals surface area contributed by atoms with Gasteiger partial charge in [-0.05, 0) is 17.7 Å². The third kappa shape index (κ3) is 5.37. The highest BCUT2D eigenvalue weighted by molar-refractivity contribution is 7.84. The lowest BCUT2D eigenvalue weighted by atomic mass is 10.1. The van der Waals surface area contributed by atoms with Gasteiger partial charge in [-0.1, -0.05) is 59.6 Å².